The lowest BCUT2D eigenvalue weighted by Crippen LogP contribution is -2.37. The summed E-state index contributed by atoms with van der Waals surface area (Å²) in [6.07, 6.45) is 0. The van der Waals surface area contributed by atoms with Gasteiger partial charge in [0.1, 0.15) is 5.52 Å². The van der Waals surface area contributed by atoms with Gasteiger partial charge in [-0.2, -0.15) is 0 Å². The Morgan fingerprint density at radius 2 is 2.44 bits per heavy atom. The number of aromatic nitrogens is 1. The highest BCUT2D eigenvalue weighted by Gasteiger charge is 2.23. The highest BCUT2D eigenvalue weighted by Crippen LogP contribution is 2.32. The molecular formula is C11H10ClN3OS2. The van der Waals surface area contributed by atoms with Crippen molar-refractivity contribution in [3.05, 3.63) is 22.7 Å². The van der Waals surface area contributed by atoms with E-state index in [1.54, 1.807) is 23.3 Å². The quantitative estimate of drug-likeness (QED) is 0.895. The largest absolute Gasteiger partial charge is 0.322 e. The molecule has 18 heavy (non-hydrogen) atoms. The third-order valence-corrected chi connectivity index (χ3v) is 4.78. The molecule has 4 nitrogen and oxygen atoms in total. The van der Waals surface area contributed by atoms with Gasteiger partial charge in [-0.15, -0.1) is 23.1 Å². The average molecular weight is 300 g/mol. The van der Waals surface area contributed by atoms with Crippen LogP contribution in [0.15, 0.2) is 17.6 Å². The van der Waals surface area contributed by atoms with Crippen LogP contribution in [0.3, 0.4) is 0 Å². The number of thiazole rings is 1. The summed E-state index contributed by atoms with van der Waals surface area (Å²) in [5.41, 5.74) is 3.12. The zero-order valence-corrected chi connectivity index (χ0v) is 11.7. The smallest absolute Gasteiger partial charge is 0.242 e. The number of nitrogens with zero attached hydrogens (tertiary/aromatic N) is 1. The van der Waals surface area contributed by atoms with Gasteiger partial charge < -0.3 is 5.32 Å². The van der Waals surface area contributed by atoms with Crippen molar-refractivity contribution in [1.82, 2.24) is 10.3 Å². The molecule has 2 aromatic rings. The molecule has 1 aromatic heterocycles. The topological polar surface area (TPSA) is 54.0 Å². The van der Waals surface area contributed by atoms with Crippen molar-refractivity contribution < 1.29 is 4.79 Å². The van der Waals surface area contributed by atoms with E-state index in [2.05, 4.69) is 15.6 Å². The summed E-state index contributed by atoms with van der Waals surface area (Å²) in [4.78, 5) is 16.3. The monoisotopic (exact) mass is 299 g/mol. The molecule has 0 aliphatic carbocycles. The van der Waals surface area contributed by atoms with Crippen LogP contribution in [0.1, 0.15) is 0 Å². The minimum Gasteiger partial charge on any atom is -0.322 e. The van der Waals surface area contributed by atoms with Crippen LogP contribution in [0.2, 0.25) is 5.02 Å². The van der Waals surface area contributed by atoms with Gasteiger partial charge in [0, 0.05) is 11.6 Å². The first-order valence-corrected chi connectivity index (χ1v) is 7.80. The second kappa shape index (κ2) is 5.05. The molecule has 1 aliphatic rings. The number of anilines is 1. The van der Waals surface area contributed by atoms with E-state index in [-0.39, 0.29) is 11.9 Å². The van der Waals surface area contributed by atoms with E-state index in [9.17, 15) is 4.79 Å². The number of rotatable bonds is 2. The van der Waals surface area contributed by atoms with Crippen molar-refractivity contribution in [2.75, 3.05) is 16.9 Å². The van der Waals surface area contributed by atoms with Gasteiger partial charge in [-0.25, -0.2) is 4.98 Å². The first-order valence-electron chi connectivity index (χ1n) is 5.39. The van der Waals surface area contributed by atoms with Gasteiger partial charge in [0.2, 0.25) is 5.91 Å². The second-order valence-electron chi connectivity index (χ2n) is 3.88. The average Bonchev–Trinajstić information content (AvgIpc) is 3.02. The number of carbonyl (C=O) groups excluding carboxylic acids is 1. The summed E-state index contributed by atoms with van der Waals surface area (Å²) in [6, 6.07) is 3.54. The van der Waals surface area contributed by atoms with Gasteiger partial charge in [0.15, 0.2) is 0 Å². The first-order chi connectivity index (χ1) is 8.75. The maximum absolute atomic E-state index is 12.1. The lowest BCUT2D eigenvalue weighted by molar-refractivity contribution is -0.117. The Bertz CT molecular complexity index is 595. The summed E-state index contributed by atoms with van der Waals surface area (Å²) >= 11 is 9.38. The highest BCUT2D eigenvalue weighted by atomic mass is 35.5. The lowest BCUT2D eigenvalue weighted by Gasteiger charge is -2.12. The van der Waals surface area contributed by atoms with Crippen molar-refractivity contribution in [1.29, 1.82) is 0 Å². The van der Waals surface area contributed by atoms with Crippen LogP contribution in [0.5, 0.6) is 0 Å². The highest BCUT2D eigenvalue weighted by molar-refractivity contribution is 7.99. The minimum atomic E-state index is -0.153. The fourth-order valence-electron chi connectivity index (χ4n) is 1.80. The molecule has 94 valence electrons. The van der Waals surface area contributed by atoms with E-state index in [0.717, 1.165) is 21.8 Å². The van der Waals surface area contributed by atoms with Gasteiger partial charge in [-0.3, -0.25) is 10.1 Å². The van der Waals surface area contributed by atoms with Crippen molar-refractivity contribution in [3.8, 4) is 0 Å². The van der Waals surface area contributed by atoms with Crippen molar-refractivity contribution >= 4 is 56.5 Å². The number of nitrogens with one attached hydrogen (secondary N) is 2. The fourth-order valence-corrected chi connectivity index (χ4v) is 3.63. The summed E-state index contributed by atoms with van der Waals surface area (Å²) < 4.78 is 1.02. The van der Waals surface area contributed by atoms with Crippen molar-refractivity contribution in [2.45, 2.75) is 6.04 Å². The maximum atomic E-state index is 12.1. The molecular weight excluding hydrogens is 290 g/mol. The molecule has 2 N–H and O–H groups in total. The first kappa shape index (κ1) is 12.2. The lowest BCUT2D eigenvalue weighted by atomic mass is 10.2. The van der Waals surface area contributed by atoms with Crippen LogP contribution in [0, 0.1) is 0 Å². The molecule has 0 radical (unpaired) electrons. The number of hydrogen-bond acceptors (Lipinski definition) is 5. The molecule has 1 unspecified atom stereocenters. The second-order valence-corrected chi connectivity index (χ2v) is 6.21. The molecule has 0 spiro atoms. The number of hydrogen-bond donors (Lipinski definition) is 2. The molecule has 7 heteroatoms. The minimum absolute atomic E-state index is 0.0533. The van der Waals surface area contributed by atoms with Crippen LogP contribution in [-0.4, -0.2) is 28.6 Å². The zero-order valence-electron chi connectivity index (χ0n) is 9.27. The Hall–Kier alpha value is -0.820. The molecule has 1 amide bonds. The molecule has 1 aromatic carbocycles. The van der Waals surface area contributed by atoms with Gasteiger partial charge in [-0.05, 0) is 12.1 Å². The van der Waals surface area contributed by atoms with Gasteiger partial charge in [0.05, 0.1) is 27.0 Å². The summed E-state index contributed by atoms with van der Waals surface area (Å²) in [5, 5.41) is 6.53. The van der Waals surface area contributed by atoms with Crippen molar-refractivity contribution in [2.24, 2.45) is 0 Å². The van der Waals surface area contributed by atoms with Gasteiger partial charge in [-0.1, -0.05) is 11.6 Å². The van der Waals surface area contributed by atoms with Crippen LogP contribution in [0.4, 0.5) is 5.69 Å². The summed E-state index contributed by atoms with van der Waals surface area (Å²) in [5.74, 6) is 1.55. The number of benzene rings is 1. The Morgan fingerprint density at radius 1 is 1.56 bits per heavy atom. The molecule has 1 aliphatic heterocycles. The fraction of sp³-hybridized carbons (Fsp3) is 0.273. The predicted molar refractivity (Wildman–Crippen MR) is 77.5 cm³/mol. The molecule has 2 heterocycles. The number of halogens is 1. The molecule has 1 saturated heterocycles. The molecule has 0 saturated carbocycles. The number of thioether (sulfide) groups is 1. The van der Waals surface area contributed by atoms with Gasteiger partial charge in [0.25, 0.3) is 0 Å². The van der Waals surface area contributed by atoms with E-state index in [1.165, 1.54) is 11.3 Å². The number of carbonyl (C=O) groups is 1. The van der Waals surface area contributed by atoms with Gasteiger partial charge >= 0.3 is 0 Å². The van der Waals surface area contributed by atoms with E-state index >= 15 is 0 Å². The Balaban J connectivity index is 1.91. The standard InChI is InChI=1S/C11H10ClN3OS2/c12-6-1-2-8-10(14-5-18-8)9(6)15-11(16)7-3-17-4-13-7/h1-2,5,7,13H,3-4H2,(H,15,16). The van der Waals surface area contributed by atoms with E-state index in [0.29, 0.717) is 10.7 Å². The predicted octanol–water partition coefficient (Wildman–Crippen LogP) is 2.55. The zero-order chi connectivity index (χ0) is 12.5. The molecule has 1 atom stereocenters. The Kier molecular flexibility index (Phi) is 3.43. The van der Waals surface area contributed by atoms with Crippen LogP contribution in [0.25, 0.3) is 10.2 Å². The SMILES string of the molecule is O=C(Nc1c(Cl)ccc2scnc12)C1CSCN1. The molecule has 3 rings (SSSR count). The maximum Gasteiger partial charge on any atom is 0.242 e. The summed E-state index contributed by atoms with van der Waals surface area (Å²) in [6.45, 7) is 0. The summed E-state index contributed by atoms with van der Waals surface area (Å²) in [7, 11) is 0. The van der Waals surface area contributed by atoms with Crippen molar-refractivity contribution in [3.63, 3.8) is 0 Å². The van der Waals surface area contributed by atoms with E-state index in [4.69, 9.17) is 11.6 Å². The van der Waals surface area contributed by atoms with E-state index in [1.807, 2.05) is 6.07 Å². The van der Waals surface area contributed by atoms with Crippen LogP contribution in [-0.2, 0) is 4.79 Å². The van der Waals surface area contributed by atoms with E-state index < -0.39 is 0 Å². The third kappa shape index (κ3) is 2.21. The number of amides is 1. The van der Waals surface area contributed by atoms with Crippen LogP contribution >= 0.6 is 34.7 Å². The third-order valence-electron chi connectivity index (χ3n) is 2.73. The molecule has 0 bridgehead atoms. The Morgan fingerprint density at radius 3 is 3.22 bits per heavy atom. The Labute approximate surface area is 117 Å². The normalized spacial score (nSPS) is 19.3. The van der Waals surface area contributed by atoms with Crippen LogP contribution < -0.4 is 10.6 Å². The molecule has 1 fully saturated rings. The number of fused-ring (bicyclic) bond motifs is 1.